The summed E-state index contributed by atoms with van der Waals surface area (Å²) >= 11 is 0. The summed E-state index contributed by atoms with van der Waals surface area (Å²) in [6.45, 7) is 2.50. The van der Waals surface area contributed by atoms with E-state index in [0.717, 1.165) is 31.7 Å². The number of hydrogen-bond acceptors (Lipinski definition) is 5. The number of likely N-dealkylation sites (tertiary alicyclic amines) is 1. The second-order valence-corrected chi connectivity index (χ2v) is 10.4. The first-order chi connectivity index (χ1) is 18.2. The average Bonchev–Trinajstić information content (AvgIpc) is 2.93. The summed E-state index contributed by atoms with van der Waals surface area (Å²) in [7, 11) is 1.60. The van der Waals surface area contributed by atoms with Gasteiger partial charge >= 0.3 is 0 Å². The van der Waals surface area contributed by atoms with E-state index < -0.39 is 17.7 Å². The van der Waals surface area contributed by atoms with Gasteiger partial charge in [-0.2, -0.15) is 0 Å². The third-order valence-corrected chi connectivity index (χ3v) is 7.86. The van der Waals surface area contributed by atoms with E-state index in [1.165, 1.54) is 30.7 Å². The first-order valence-corrected chi connectivity index (χ1v) is 13.2. The lowest BCUT2D eigenvalue weighted by Gasteiger charge is -2.38. The Labute approximate surface area is 222 Å². The highest BCUT2D eigenvalue weighted by Crippen LogP contribution is 2.34. The number of ether oxygens (including phenoxy) is 1. The zero-order valence-electron chi connectivity index (χ0n) is 22.0. The molecule has 1 atom stereocenters. The SMILES string of the molecule is COc1ccc(C2CCC(NC(C(N)=O)C3CCN(C(=O)/C=C/c4cc(C)c(F)c(F)c4)CC3)CC2)cn1. The fraction of sp³-hybridized carbons (Fsp3) is 0.483. The summed E-state index contributed by atoms with van der Waals surface area (Å²) in [6.07, 6.45) is 10.0. The van der Waals surface area contributed by atoms with Crippen molar-refractivity contribution in [2.24, 2.45) is 11.7 Å². The van der Waals surface area contributed by atoms with Crippen LogP contribution in [0.4, 0.5) is 8.78 Å². The van der Waals surface area contributed by atoms with Gasteiger partial charge in [0.25, 0.3) is 0 Å². The summed E-state index contributed by atoms with van der Waals surface area (Å²) in [5.74, 6) is -1.26. The molecule has 1 aromatic carbocycles. The highest BCUT2D eigenvalue weighted by Gasteiger charge is 2.34. The zero-order valence-corrected chi connectivity index (χ0v) is 22.0. The second-order valence-electron chi connectivity index (χ2n) is 10.4. The van der Waals surface area contributed by atoms with E-state index in [2.05, 4.69) is 16.4 Å². The Balaban J connectivity index is 1.27. The van der Waals surface area contributed by atoms with Gasteiger partial charge in [-0.15, -0.1) is 0 Å². The Morgan fingerprint density at radius 2 is 1.84 bits per heavy atom. The van der Waals surface area contributed by atoms with Gasteiger partial charge in [0.05, 0.1) is 13.2 Å². The summed E-state index contributed by atoms with van der Waals surface area (Å²) in [6, 6.07) is 6.31. The number of nitrogens with zero attached hydrogens (tertiary/aromatic N) is 2. The Kier molecular flexibility index (Phi) is 9.09. The molecule has 1 unspecified atom stereocenters. The minimum absolute atomic E-state index is 0.0536. The van der Waals surface area contributed by atoms with E-state index in [1.807, 2.05) is 12.3 Å². The van der Waals surface area contributed by atoms with Crippen molar-refractivity contribution in [1.82, 2.24) is 15.2 Å². The number of aryl methyl sites for hydroxylation is 1. The average molecular weight is 527 g/mol. The van der Waals surface area contributed by atoms with Gasteiger partial charge < -0.3 is 20.7 Å². The number of pyridine rings is 1. The molecule has 1 aliphatic heterocycles. The number of nitrogens with one attached hydrogen (secondary N) is 1. The van der Waals surface area contributed by atoms with Crippen LogP contribution in [0.1, 0.15) is 61.1 Å². The smallest absolute Gasteiger partial charge is 0.246 e. The maximum atomic E-state index is 13.6. The third kappa shape index (κ3) is 6.75. The third-order valence-electron chi connectivity index (χ3n) is 7.86. The number of carbonyl (C=O) groups is 2. The van der Waals surface area contributed by atoms with Crippen molar-refractivity contribution in [2.45, 2.75) is 63.5 Å². The number of piperidine rings is 1. The van der Waals surface area contributed by atoms with Crippen LogP contribution >= 0.6 is 0 Å². The molecule has 0 bridgehead atoms. The highest BCUT2D eigenvalue weighted by molar-refractivity contribution is 5.92. The monoisotopic (exact) mass is 526 g/mol. The molecule has 4 rings (SSSR count). The molecule has 2 aliphatic rings. The zero-order chi connectivity index (χ0) is 27.2. The van der Waals surface area contributed by atoms with E-state index in [1.54, 1.807) is 12.0 Å². The number of methoxy groups -OCH3 is 1. The molecule has 0 spiro atoms. The lowest BCUT2D eigenvalue weighted by atomic mass is 9.81. The minimum atomic E-state index is -0.936. The first kappa shape index (κ1) is 27.7. The van der Waals surface area contributed by atoms with Crippen molar-refractivity contribution in [1.29, 1.82) is 0 Å². The molecule has 1 aromatic heterocycles. The Bertz CT molecular complexity index is 1130. The van der Waals surface area contributed by atoms with Crippen molar-refractivity contribution in [3.8, 4) is 5.88 Å². The van der Waals surface area contributed by atoms with E-state index in [0.29, 0.717) is 43.3 Å². The Hall–Kier alpha value is -3.33. The number of hydrogen-bond donors (Lipinski definition) is 2. The van der Waals surface area contributed by atoms with Crippen molar-refractivity contribution < 1.29 is 23.1 Å². The lowest BCUT2D eigenvalue weighted by molar-refractivity contribution is -0.128. The predicted molar refractivity (Wildman–Crippen MR) is 141 cm³/mol. The predicted octanol–water partition coefficient (Wildman–Crippen LogP) is 4.10. The molecular weight excluding hydrogens is 490 g/mol. The van der Waals surface area contributed by atoms with E-state index in [4.69, 9.17) is 10.5 Å². The van der Waals surface area contributed by atoms with Crippen LogP contribution in [0, 0.1) is 24.5 Å². The molecule has 1 saturated heterocycles. The molecule has 204 valence electrons. The van der Waals surface area contributed by atoms with Crippen LogP contribution in [0.3, 0.4) is 0 Å². The highest BCUT2D eigenvalue weighted by atomic mass is 19.2. The molecule has 38 heavy (non-hydrogen) atoms. The number of halogens is 2. The molecule has 1 aliphatic carbocycles. The topological polar surface area (TPSA) is 97.5 Å². The standard InChI is InChI=1S/C29H36F2N4O3/c1-18-15-19(16-24(30)27(18)31)3-10-26(36)35-13-11-21(12-14-35)28(29(32)37)34-23-7-4-20(5-8-23)22-6-9-25(38-2)33-17-22/h3,6,9-10,15-17,20-21,23,28,34H,4-5,7-8,11-14H2,1-2H3,(H2,32,37)/b10-3+. The van der Waals surface area contributed by atoms with Crippen LogP contribution < -0.4 is 15.8 Å². The summed E-state index contributed by atoms with van der Waals surface area (Å²) < 4.78 is 32.3. The Morgan fingerprint density at radius 3 is 2.42 bits per heavy atom. The van der Waals surface area contributed by atoms with Gasteiger partial charge in [0, 0.05) is 37.5 Å². The molecule has 0 radical (unpaired) electrons. The molecule has 1 saturated carbocycles. The van der Waals surface area contributed by atoms with Gasteiger partial charge in [0.15, 0.2) is 11.6 Å². The molecule has 2 amide bonds. The second kappa shape index (κ2) is 12.5. The maximum absolute atomic E-state index is 13.6. The lowest BCUT2D eigenvalue weighted by Crippen LogP contribution is -2.54. The van der Waals surface area contributed by atoms with E-state index >= 15 is 0 Å². The fourth-order valence-corrected chi connectivity index (χ4v) is 5.63. The number of primary amides is 1. The van der Waals surface area contributed by atoms with Crippen molar-refractivity contribution >= 4 is 17.9 Å². The maximum Gasteiger partial charge on any atom is 0.246 e. The summed E-state index contributed by atoms with van der Waals surface area (Å²) in [5.41, 5.74) is 7.63. The van der Waals surface area contributed by atoms with Crippen molar-refractivity contribution in [2.75, 3.05) is 20.2 Å². The fourth-order valence-electron chi connectivity index (χ4n) is 5.63. The Morgan fingerprint density at radius 1 is 1.13 bits per heavy atom. The molecule has 3 N–H and O–H groups in total. The number of nitrogens with two attached hydrogens (primary N) is 1. The van der Waals surface area contributed by atoms with Crippen LogP contribution in [-0.4, -0.2) is 54.0 Å². The number of amides is 2. The van der Waals surface area contributed by atoms with Gasteiger partial charge in [-0.25, -0.2) is 13.8 Å². The van der Waals surface area contributed by atoms with E-state index in [9.17, 15) is 18.4 Å². The molecular formula is C29H36F2N4O3. The summed E-state index contributed by atoms with van der Waals surface area (Å²) in [4.78, 5) is 31.1. The number of benzene rings is 1. The van der Waals surface area contributed by atoms with Gasteiger partial charge in [-0.3, -0.25) is 9.59 Å². The molecule has 7 nitrogen and oxygen atoms in total. The van der Waals surface area contributed by atoms with Gasteiger partial charge in [-0.05, 0) is 92.2 Å². The van der Waals surface area contributed by atoms with Crippen LogP contribution in [0.5, 0.6) is 5.88 Å². The van der Waals surface area contributed by atoms with Crippen molar-refractivity contribution in [3.63, 3.8) is 0 Å². The molecule has 2 fully saturated rings. The van der Waals surface area contributed by atoms with Crippen LogP contribution in [0.2, 0.25) is 0 Å². The van der Waals surface area contributed by atoms with Crippen molar-refractivity contribution in [3.05, 3.63) is 64.9 Å². The largest absolute Gasteiger partial charge is 0.481 e. The molecule has 2 aromatic rings. The van der Waals surface area contributed by atoms with Gasteiger partial charge in [-0.1, -0.05) is 6.07 Å². The van der Waals surface area contributed by atoms with Crippen LogP contribution in [0.25, 0.3) is 6.08 Å². The number of aromatic nitrogens is 1. The molecule has 2 heterocycles. The quantitative estimate of drug-likeness (QED) is 0.505. The van der Waals surface area contributed by atoms with Crippen LogP contribution in [0.15, 0.2) is 36.5 Å². The van der Waals surface area contributed by atoms with Gasteiger partial charge in [0.2, 0.25) is 17.7 Å². The van der Waals surface area contributed by atoms with E-state index in [-0.39, 0.29) is 29.3 Å². The number of rotatable bonds is 8. The van der Waals surface area contributed by atoms with Crippen LogP contribution in [-0.2, 0) is 9.59 Å². The molecule has 9 heteroatoms. The minimum Gasteiger partial charge on any atom is -0.481 e. The van der Waals surface area contributed by atoms with Gasteiger partial charge in [0.1, 0.15) is 0 Å². The number of carbonyl (C=O) groups excluding carboxylic acids is 2. The summed E-state index contributed by atoms with van der Waals surface area (Å²) in [5, 5.41) is 3.53. The normalized spacial score (nSPS) is 21.4. The first-order valence-electron chi connectivity index (χ1n) is 13.2.